The predicted molar refractivity (Wildman–Crippen MR) is 87.6 cm³/mol. The fraction of sp³-hybridized carbons (Fsp3) is 0.385. The molecular weight excluding hydrogens is 337 g/mol. The number of nitrogens with one attached hydrogen (secondary N) is 3. The Labute approximate surface area is 140 Å². The molecule has 1 aromatic carbocycles. The largest absolute Gasteiger partial charge is 0.353 e. The third-order valence-corrected chi connectivity index (χ3v) is 3.43. The van der Waals surface area contributed by atoms with E-state index in [9.17, 15) is 9.59 Å². The van der Waals surface area contributed by atoms with E-state index >= 15 is 0 Å². The number of benzene rings is 1. The van der Waals surface area contributed by atoms with Crippen molar-refractivity contribution >= 4 is 47.4 Å². The summed E-state index contributed by atoms with van der Waals surface area (Å²) in [5.41, 5.74) is 0.357. The van der Waals surface area contributed by atoms with Gasteiger partial charge in [0.15, 0.2) is 0 Å². The molecule has 0 aromatic heterocycles. The van der Waals surface area contributed by atoms with Gasteiger partial charge in [-0.15, -0.1) is 12.4 Å². The summed E-state index contributed by atoms with van der Waals surface area (Å²) in [6.45, 7) is 2.35. The molecule has 8 heteroatoms. The summed E-state index contributed by atoms with van der Waals surface area (Å²) in [6.07, 6.45) is 0. The van der Waals surface area contributed by atoms with Crippen LogP contribution < -0.4 is 16.0 Å². The predicted octanol–water partition coefficient (Wildman–Crippen LogP) is 1.87. The van der Waals surface area contributed by atoms with Crippen LogP contribution in [0.5, 0.6) is 0 Å². The van der Waals surface area contributed by atoms with Crippen molar-refractivity contribution in [1.29, 1.82) is 0 Å². The van der Waals surface area contributed by atoms with Gasteiger partial charge in [-0.25, -0.2) is 0 Å². The van der Waals surface area contributed by atoms with E-state index in [-0.39, 0.29) is 36.8 Å². The van der Waals surface area contributed by atoms with Gasteiger partial charge < -0.3 is 16.0 Å². The lowest BCUT2D eigenvalue weighted by Gasteiger charge is -2.11. The van der Waals surface area contributed by atoms with Crippen molar-refractivity contribution in [1.82, 2.24) is 16.0 Å². The first-order valence-electron chi connectivity index (χ1n) is 6.11. The normalized spacial score (nSPS) is 11.2. The Morgan fingerprint density at radius 2 is 1.86 bits per heavy atom. The molecule has 21 heavy (non-hydrogen) atoms. The molecule has 0 radical (unpaired) electrons. The molecule has 1 unspecified atom stereocenters. The molecule has 5 nitrogen and oxygen atoms in total. The smallest absolute Gasteiger partial charge is 0.251 e. The quantitative estimate of drug-likeness (QED) is 0.730. The third kappa shape index (κ3) is 7.00. The maximum Gasteiger partial charge on any atom is 0.251 e. The van der Waals surface area contributed by atoms with Crippen LogP contribution >= 0.6 is 35.6 Å². The van der Waals surface area contributed by atoms with E-state index < -0.39 is 0 Å². The molecule has 3 N–H and O–H groups in total. The zero-order chi connectivity index (χ0) is 15.1. The molecule has 0 aliphatic heterocycles. The van der Waals surface area contributed by atoms with Crippen LogP contribution in [0.25, 0.3) is 0 Å². The highest BCUT2D eigenvalue weighted by molar-refractivity contribution is 6.42. The second-order valence-electron chi connectivity index (χ2n) is 4.31. The van der Waals surface area contributed by atoms with E-state index in [0.29, 0.717) is 22.2 Å². The molecule has 0 aliphatic carbocycles. The van der Waals surface area contributed by atoms with Crippen LogP contribution in [0, 0.1) is 0 Å². The molecule has 0 saturated heterocycles. The van der Waals surface area contributed by atoms with Gasteiger partial charge in [0.1, 0.15) is 0 Å². The topological polar surface area (TPSA) is 70.2 Å². The standard InChI is InChI=1S/C13H17Cl2N3O2.ClH/c1-8(16-2)6-17-12(19)7-18-13(20)9-3-4-10(14)11(15)5-9;/h3-5,8,16H,6-7H2,1-2H3,(H,17,19)(H,18,20);1H. The molecule has 1 atom stereocenters. The van der Waals surface area contributed by atoms with Crippen LogP contribution in [-0.2, 0) is 4.79 Å². The van der Waals surface area contributed by atoms with Crippen molar-refractivity contribution in [2.45, 2.75) is 13.0 Å². The molecule has 0 aliphatic rings. The lowest BCUT2D eigenvalue weighted by Crippen LogP contribution is -2.42. The first-order chi connectivity index (χ1) is 9.43. The molecular formula is C13H18Cl3N3O2. The van der Waals surface area contributed by atoms with Gasteiger partial charge >= 0.3 is 0 Å². The van der Waals surface area contributed by atoms with Crippen molar-refractivity contribution < 1.29 is 9.59 Å². The van der Waals surface area contributed by atoms with E-state index in [0.717, 1.165) is 0 Å². The first kappa shape index (κ1) is 20.0. The number of rotatable bonds is 6. The zero-order valence-electron chi connectivity index (χ0n) is 11.7. The summed E-state index contributed by atoms with van der Waals surface area (Å²) in [7, 11) is 1.81. The molecule has 118 valence electrons. The van der Waals surface area contributed by atoms with Crippen molar-refractivity contribution in [3.8, 4) is 0 Å². The van der Waals surface area contributed by atoms with Crippen molar-refractivity contribution in [2.24, 2.45) is 0 Å². The lowest BCUT2D eigenvalue weighted by molar-refractivity contribution is -0.120. The van der Waals surface area contributed by atoms with Crippen LogP contribution in [0.3, 0.4) is 0 Å². The summed E-state index contributed by atoms with van der Waals surface area (Å²) in [5, 5.41) is 8.88. The molecule has 1 rings (SSSR count). The fourth-order valence-electron chi connectivity index (χ4n) is 1.33. The number of likely N-dealkylation sites (N-methyl/N-ethyl adjacent to an activating group) is 1. The minimum atomic E-state index is -0.375. The Morgan fingerprint density at radius 3 is 2.43 bits per heavy atom. The highest BCUT2D eigenvalue weighted by Crippen LogP contribution is 2.22. The van der Waals surface area contributed by atoms with Crippen LogP contribution in [0.15, 0.2) is 18.2 Å². The number of amides is 2. The summed E-state index contributed by atoms with van der Waals surface area (Å²) in [5.74, 6) is -0.624. The minimum Gasteiger partial charge on any atom is -0.353 e. The average molecular weight is 355 g/mol. The Balaban J connectivity index is 0.00000400. The molecule has 0 spiro atoms. The maximum atomic E-state index is 11.8. The zero-order valence-corrected chi connectivity index (χ0v) is 14.0. The Hall–Kier alpha value is -1.01. The van der Waals surface area contributed by atoms with E-state index in [2.05, 4.69) is 16.0 Å². The lowest BCUT2D eigenvalue weighted by atomic mass is 10.2. The van der Waals surface area contributed by atoms with Gasteiger partial charge in [-0.2, -0.15) is 0 Å². The Kier molecular flexibility index (Phi) is 9.37. The highest BCUT2D eigenvalue weighted by Gasteiger charge is 2.10. The molecule has 0 saturated carbocycles. The number of halogens is 3. The van der Waals surface area contributed by atoms with E-state index in [4.69, 9.17) is 23.2 Å². The van der Waals surface area contributed by atoms with Crippen LogP contribution in [0.2, 0.25) is 10.0 Å². The number of carbonyl (C=O) groups is 2. The second-order valence-corrected chi connectivity index (χ2v) is 5.12. The van der Waals surface area contributed by atoms with Crippen molar-refractivity contribution in [3.05, 3.63) is 33.8 Å². The van der Waals surface area contributed by atoms with Crippen molar-refractivity contribution in [2.75, 3.05) is 20.1 Å². The summed E-state index contributed by atoms with van der Waals surface area (Å²) in [4.78, 5) is 23.3. The van der Waals surface area contributed by atoms with Crippen molar-refractivity contribution in [3.63, 3.8) is 0 Å². The first-order valence-corrected chi connectivity index (χ1v) is 6.87. The third-order valence-electron chi connectivity index (χ3n) is 2.69. The molecule has 0 bridgehead atoms. The molecule has 2 amide bonds. The summed E-state index contributed by atoms with van der Waals surface area (Å²) in [6, 6.07) is 4.71. The molecule has 1 aromatic rings. The van der Waals surface area contributed by atoms with E-state index in [1.807, 2.05) is 14.0 Å². The van der Waals surface area contributed by atoms with Gasteiger partial charge in [-0.3, -0.25) is 9.59 Å². The van der Waals surface area contributed by atoms with Gasteiger partial charge in [0.05, 0.1) is 16.6 Å². The summed E-state index contributed by atoms with van der Waals surface area (Å²) < 4.78 is 0. The van der Waals surface area contributed by atoms with Crippen LogP contribution in [0.4, 0.5) is 0 Å². The average Bonchev–Trinajstić information content (AvgIpc) is 2.44. The number of hydrogen-bond donors (Lipinski definition) is 3. The number of carbonyl (C=O) groups excluding carboxylic acids is 2. The van der Waals surface area contributed by atoms with Gasteiger partial charge in [-0.05, 0) is 32.2 Å². The monoisotopic (exact) mass is 353 g/mol. The summed E-state index contributed by atoms with van der Waals surface area (Å²) >= 11 is 11.6. The fourth-order valence-corrected chi connectivity index (χ4v) is 1.63. The molecule has 0 fully saturated rings. The van der Waals surface area contributed by atoms with Crippen LogP contribution in [0.1, 0.15) is 17.3 Å². The van der Waals surface area contributed by atoms with Gasteiger partial charge in [0.2, 0.25) is 5.91 Å². The van der Waals surface area contributed by atoms with Crippen LogP contribution in [-0.4, -0.2) is 38.0 Å². The Bertz CT molecular complexity index is 498. The maximum absolute atomic E-state index is 11.8. The van der Waals surface area contributed by atoms with Gasteiger partial charge in [-0.1, -0.05) is 23.2 Å². The van der Waals surface area contributed by atoms with E-state index in [1.54, 1.807) is 6.07 Å². The van der Waals surface area contributed by atoms with Gasteiger partial charge in [0.25, 0.3) is 5.91 Å². The molecule has 0 heterocycles. The highest BCUT2D eigenvalue weighted by atomic mass is 35.5. The Morgan fingerprint density at radius 1 is 1.19 bits per heavy atom. The SMILES string of the molecule is CNC(C)CNC(=O)CNC(=O)c1ccc(Cl)c(Cl)c1.Cl. The van der Waals surface area contributed by atoms with Gasteiger partial charge in [0, 0.05) is 18.2 Å². The minimum absolute atomic E-state index is 0. The number of hydrogen-bond acceptors (Lipinski definition) is 3. The second kappa shape index (κ2) is 9.84. The van der Waals surface area contributed by atoms with E-state index in [1.165, 1.54) is 12.1 Å².